The van der Waals surface area contributed by atoms with E-state index < -0.39 is 18.8 Å². The summed E-state index contributed by atoms with van der Waals surface area (Å²) in [6.45, 7) is -0.588. The van der Waals surface area contributed by atoms with Crippen LogP contribution in [-0.2, 0) is 0 Å². The molecule has 132 valence electrons. The van der Waals surface area contributed by atoms with Crippen LogP contribution in [0.5, 0.6) is 0 Å². The van der Waals surface area contributed by atoms with Crippen LogP contribution < -0.4 is 0 Å². The Morgan fingerprint density at radius 1 is 0.962 bits per heavy atom. The number of aliphatic hydroxyl groups excluding tert-OH is 3. The van der Waals surface area contributed by atoms with E-state index in [0.717, 1.165) is 10.2 Å². The number of aromatic nitrogens is 4. The molecule has 0 radical (unpaired) electrons. The molecule has 0 saturated carbocycles. The van der Waals surface area contributed by atoms with Crippen LogP contribution in [0.1, 0.15) is 11.8 Å². The van der Waals surface area contributed by atoms with Gasteiger partial charge in [-0.3, -0.25) is 0 Å². The van der Waals surface area contributed by atoms with Gasteiger partial charge in [-0.25, -0.2) is 14.6 Å². The van der Waals surface area contributed by atoms with E-state index in [1.807, 2.05) is 48.5 Å². The summed E-state index contributed by atoms with van der Waals surface area (Å²) in [5, 5.41) is 33.9. The van der Waals surface area contributed by atoms with Gasteiger partial charge in [0.15, 0.2) is 5.65 Å². The Labute approximate surface area is 156 Å². The Hall–Kier alpha value is -2.39. The maximum atomic E-state index is 10.4. The van der Waals surface area contributed by atoms with Crippen molar-refractivity contribution in [2.75, 3.05) is 6.61 Å². The molecule has 0 bridgehead atoms. The van der Waals surface area contributed by atoms with Gasteiger partial charge in [0.25, 0.3) is 0 Å². The summed E-state index contributed by atoms with van der Waals surface area (Å²) in [6, 6.07) is 14.8. The van der Waals surface area contributed by atoms with Crippen LogP contribution in [0.15, 0.2) is 53.0 Å². The van der Waals surface area contributed by atoms with Crippen molar-refractivity contribution in [1.29, 1.82) is 0 Å². The first-order chi connectivity index (χ1) is 12.6. The van der Waals surface area contributed by atoms with Crippen molar-refractivity contribution in [3.8, 4) is 5.69 Å². The summed E-state index contributed by atoms with van der Waals surface area (Å²) in [4.78, 5) is 9.21. The second kappa shape index (κ2) is 6.73. The van der Waals surface area contributed by atoms with Crippen molar-refractivity contribution in [3.63, 3.8) is 0 Å². The molecule has 4 aromatic rings. The fraction of sp³-hybridized carbons (Fsp3) is 0.167. The number of hydrogen-bond donors (Lipinski definition) is 3. The normalized spacial score (nSPS) is 14.0. The van der Waals surface area contributed by atoms with Gasteiger partial charge in [0, 0.05) is 4.47 Å². The second-order valence-electron chi connectivity index (χ2n) is 5.85. The van der Waals surface area contributed by atoms with Gasteiger partial charge in [0.05, 0.1) is 23.3 Å². The number of halogens is 1. The molecular formula is C18H15BrN4O3. The van der Waals surface area contributed by atoms with E-state index in [-0.39, 0.29) is 5.69 Å². The van der Waals surface area contributed by atoms with Crippen molar-refractivity contribution < 1.29 is 15.3 Å². The molecule has 0 aliphatic carbocycles. The smallest absolute Gasteiger partial charge is 0.182 e. The third kappa shape index (κ3) is 2.86. The lowest BCUT2D eigenvalue weighted by molar-refractivity contribution is -0.0168. The van der Waals surface area contributed by atoms with Crippen molar-refractivity contribution in [2.24, 2.45) is 0 Å². The predicted octanol–water partition coefficient (Wildman–Crippen LogP) is 2.12. The van der Waals surface area contributed by atoms with Gasteiger partial charge in [-0.15, -0.1) is 0 Å². The highest BCUT2D eigenvalue weighted by Crippen LogP contribution is 2.28. The SMILES string of the molecule is OC[C@H](O)[C@H](O)c1nn(-c2ccc(Br)cc2)c2nc3ccccc3nc12. The summed E-state index contributed by atoms with van der Waals surface area (Å²) in [5.41, 5.74) is 3.10. The number of hydrogen-bond acceptors (Lipinski definition) is 6. The molecule has 2 aromatic heterocycles. The third-order valence-electron chi connectivity index (χ3n) is 4.11. The van der Waals surface area contributed by atoms with Crippen LogP contribution in [0.2, 0.25) is 0 Å². The minimum atomic E-state index is -1.38. The molecule has 0 unspecified atom stereocenters. The van der Waals surface area contributed by atoms with E-state index in [1.165, 1.54) is 0 Å². The number of aliphatic hydroxyl groups is 3. The summed E-state index contributed by atoms with van der Waals surface area (Å²) < 4.78 is 2.49. The predicted molar refractivity (Wildman–Crippen MR) is 99.9 cm³/mol. The average Bonchev–Trinajstić information content (AvgIpc) is 3.04. The molecule has 2 aromatic carbocycles. The highest BCUT2D eigenvalue weighted by molar-refractivity contribution is 9.10. The molecular weight excluding hydrogens is 400 g/mol. The maximum absolute atomic E-state index is 10.4. The first-order valence-corrected chi connectivity index (χ1v) is 8.76. The molecule has 0 aliphatic rings. The molecule has 3 N–H and O–H groups in total. The van der Waals surface area contributed by atoms with E-state index in [1.54, 1.807) is 4.68 Å². The second-order valence-corrected chi connectivity index (χ2v) is 6.77. The zero-order chi connectivity index (χ0) is 18.3. The summed E-state index contributed by atoms with van der Waals surface area (Å²) >= 11 is 3.40. The molecule has 0 aliphatic heterocycles. The van der Waals surface area contributed by atoms with Crippen molar-refractivity contribution in [3.05, 3.63) is 58.7 Å². The molecule has 8 heteroatoms. The molecule has 26 heavy (non-hydrogen) atoms. The van der Waals surface area contributed by atoms with E-state index in [9.17, 15) is 15.3 Å². The Morgan fingerprint density at radius 2 is 1.62 bits per heavy atom. The lowest BCUT2D eigenvalue weighted by atomic mass is 10.1. The molecule has 2 atom stereocenters. The number of nitrogens with zero attached hydrogens (tertiary/aromatic N) is 4. The van der Waals surface area contributed by atoms with Crippen LogP contribution in [-0.4, -0.2) is 47.8 Å². The summed E-state index contributed by atoms with van der Waals surface area (Å²) in [6.07, 6.45) is -2.74. The van der Waals surface area contributed by atoms with Gasteiger partial charge in [0.1, 0.15) is 23.4 Å². The number of para-hydroxylation sites is 2. The molecule has 4 rings (SSSR count). The summed E-state index contributed by atoms with van der Waals surface area (Å²) in [7, 11) is 0. The maximum Gasteiger partial charge on any atom is 0.182 e. The van der Waals surface area contributed by atoms with Crippen molar-refractivity contribution >= 4 is 38.1 Å². The Bertz CT molecular complexity index is 1080. The van der Waals surface area contributed by atoms with Crippen LogP contribution in [0, 0.1) is 0 Å². The van der Waals surface area contributed by atoms with Crippen molar-refractivity contribution in [2.45, 2.75) is 12.2 Å². The van der Waals surface area contributed by atoms with Gasteiger partial charge in [-0.05, 0) is 36.4 Å². The molecule has 0 amide bonds. The Kier molecular flexibility index (Phi) is 4.41. The zero-order valence-corrected chi connectivity index (χ0v) is 15.1. The first-order valence-electron chi connectivity index (χ1n) is 7.97. The zero-order valence-electron chi connectivity index (χ0n) is 13.5. The summed E-state index contributed by atoms with van der Waals surface area (Å²) in [5.74, 6) is 0. The Balaban J connectivity index is 2.01. The standard InChI is InChI=1S/C18H15BrN4O3/c19-10-5-7-11(8-6-10)23-18-16(15(22-23)17(26)14(25)9-24)20-12-3-1-2-4-13(12)21-18/h1-8,14,17,24-26H,9H2/t14-,17-/m0/s1. The highest BCUT2D eigenvalue weighted by Gasteiger charge is 2.26. The molecule has 7 nitrogen and oxygen atoms in total. The average molecular weight is 415 g/mol. The minimum Gasteiger partial charge on any atom is -0.394 e. The molecule has 0 spiro atoms. The fourth-order valence-corrected chi connectivity index (χ4v) is 3.02. The Morgan fingerprint density at radius 3 is 2.27 bits per heavy atom. The van der Waals surface area contributed by atoms with Crippen molar-refractivity contribution in [1.82, 2.24) is 19.7 Å². The highest BCUT2D eigenvalue weighted by atomic mass is 79.9. The number of rotatable bonds is 4. The van der Waals surface area contributed by atoms with E-state index in [0.29, 0.717) is 22.2 Å². The van der Waals surface area contributed by atoms with Crippen LogP contribution >= 0.6 is 15.9 Å². The first kappa shape index (κ1) is 17.0. The van der Waals surface area contributed by atoms with Gasteiger partial charge < -0.3 is 15.3 Å². The topological polar surface area (TPSA) is 104 Å². The van der Waals surface area contributed by atoms with Gasteiger partial charge in [-0.2, -0.15) is 5.10 Å². The lowest BCUT2D eigenvalue weighted by Crippen LogP contribution is -2.22. The number of benzene rings is 2. The fourth-order valence-electron chi connectivity index (χ4n) is 2.76. The van der Waals surface area contributed by atoms with Crippen LogP contribution in [0.4, 0.5) is 0 Å². The van der Waals surface area contributed by atoms with Crippen LogP contribution in [0.3, 0.4) is 0 Å². The minimum absolute atomic E-state index is 0.169. The quantitative estimate of drug-likeness (QED) is 0.472. The molecule has 2 heterocycles. The monoisotopic (exact) mass is 414 g/mol. The van der Waals surface area contributed by atoms with Crippen LogP contribution in [0.25, 0.3) is 27.9 Å². The number of fused-ring (bicyclic) bond motifs is 2. The van der Waals surface area contributed by atoms with Gasteiger partial charge in [0.2, 0.25) is 0 Å². The molecule has 0 saturated heterocycles. The lowest BCUT2D eigenvalue weighted by Gasteiger charge is -2.13. The van der Waals surface area contributed by atoms with Gasteiger partial charge in [-0.1, -0.05) is 28.1 Å². The van der Waals surface area contributed by atoms with Gasteiger partial charge >= 0.3 is 0 Å². The largest absolute Gasteiger partial charge is 0.394 e. The third-order valence-corrected chi connectivity index (χ3v) is 4.63. The van der Waals surface area contributed by atoms with E-state index >= 15 is 0 Å². The molecule has 0 fully saturated rings. The van der Waals surface area contributed by atoms with E-state index in [2.05, 4.69) is 31.0 Å². The van der Waals surface area contributed by atoms with E-state index in [4.69, 9.17) is 0 Å².